The number of piperidine rings is 1. The Kier molecular flexibility index (Phi) is 4.44. The molecule has 2 rings (SSSR count). The number of ether oxygens (including phenoxy) is 1. The zero-order valence-electron chi connectivity index (χ0n) is 11.1. The first-order valence-corrected chi connectivity index (χ1v) is 6.29. The highest BCUT2D eigenvalue weighted by Crippen LogP contribution is 2.20. The number of likely N-dealkylation sites (tertiary alicyclic amines) is 1. The van der Waals surface area contributed by atoms with E-state index in [1.165, 1.54) is 18.1 Å². The van der Waals surface area contributed by atoms with Crippen LogP contribution < -0.4 is 0 Å². The van der Waals surface area contributed by atoms with Crippen LogP contribution in [0.3, 0.4) is 0 Å². The van der Waals surface area contributed by atoms with Crippen molar-refractivity contribution in [1.82, 2.24) is 4.90 Å². The highest BCUT2D eigenvalue weighted by Gasteiger charge is 2.33. The van der Waals surface area contributed by atoms with Crippen molar-refractivity contribution in [3.05, 3.63) is 35.4 Å². The summed E-state index contributed by atoms with van der Waals surface area (Å²) in [5.74, 6) is -2.97. The summed E-state index contributed by atoms with van der Waals surface area (Å²) in [4.78, 5) is 24.8. The van der Waals surface area contributed by atoms with E-state index in [2.05, 4.69) is 0 Å². The van der Waals surface area contributed by atoms with E-state index in [0.29, 0.717) is 18.6 Å². The molecule has 1 aromatic rings. The number of hydrogen-bond donors (Lipinski definition) is 0. The van der Waals surface area contributed by atoms with Gasteiger partial charge in [-0.15, -0.1) is 0 Å². The Bertz CT molecular complexity index is 533. The molecule has 20 heavy (non-hydrogen) atoms. The van der Waals surface area contributed by atoms with Gasteiger partial charge >= 0.3 is 0 Å². The number of ketones is 1. The molecular weight excluding hydrogens is 268 g/mol. The fraction of sp³-hybridized carbons (Fsp3) is 0.429. The fourth-order valence-corrected chi connectivity index (χ4v) is 2.29. The minimum Gasteiger partial charge on any atom is -0.383 e. The number of rotatable bonds is 4. The molecule has 0 aromatic heterocycles. The third-order valence-corrected chi connectivity index (χ3v) is 3.34. The molecule has 4 nitrogen and oxygen atoms in total. The number of amides is 1. The minimum absolute atomic E-state index is 0.0653. The van der Waals surface area contributed by atoms with Crippen LogP contribution in [0, 0.1) is 11.6 Å². The van der Waals surface area contributed by atoms with Crippen molar-refractivity contribution in [1.29, 1.82) is 0 Å². The largest absolute Gasteiger partial charge is 0.383 e. The van der Waals surface area contributed by atoms with Crippen molar-refractivity contribution >= 4 is 11.7 Å². The van der Waals surface area contributed by atoms with Crippen LogP contribution in [-0.2, 0) is 20.9 Å². The maximum absolute atomic E-state index is 13.2. The molecule has 0 saturated carbocycles. The standard InChI is InChI=1S/C14H15F2NO3/c1-20-8-10-3-5-13(18)14(19)17(10)7-9-2-4-11(15)12(16)6-9/h2,4,6,10H,3,5,7-8H2,1H3/t10-/m1/s1. The van der Waals surface area contributed by atoms with Crippen LogP contribution in [-0.4, -0.2) is 36.3 Å². The summed E-state index contributed by atoms with van der Waals surface area (Å²) in [5, 5.41) is 0. The first-order chi connectivity index (χ1) is 9.52. The zero-order valence-corrected chi connectivity index (χ0v) is 11.1. The molecule has 1 atom stereocenters. The fourth-order valence-electron chi connectivity index (χ4n) is 2.29. The Hall–Kier alpha value is -1.82. The third kappa shape index (κ3) is 3.01. The zero-order chi connectivity index (χ0) is 14.7. The van der Waals surface area contributed by atoms with Crippen molar-refractivity contribution in [2.45, 2.75) is 25.4 Å². The molecule has 0 aliphatic carbocycles. The van der Waals surface area contributed by atoms with E-state index in [4.69, 9.17) is 4.74 Å². The Morgan fingerprint density at radius 2 is 2.05 bits per heavy atom. The molecule has 1 aliphatic heterocycles. The number of nitrogens with zero attached hydrogens (tertiary/aromatic N) is 1. The van der Waals surface area contributed by atoms with Crippen LogP contribution in [0.2, 0.25) is 0 Å². The lowest BCUT2D eigenvalue weighted by atomic mass is 10.00. The predicted octanol–water partition coefficient (Wildman–Crippen LogP) is 1.67. The molecular formula is C14H15F2NO3. The smallest absolute Gasteiger partial charge is 0.290 e. The molecule has 0 unspecified atom stereocenters. The van der Waals surface area contributed by atoms with Crippen molar-refractivity contribution in [3.63, 3.8) is 0 Å². The minimum atomic E-state index is -0.971. The lowest BCUT2D eigenvalue weighted by molar-refractivity contribution is -0.151. The maximum Gasteiger partial charge on any atom is 0.290 e. The van der Waals surface area contributed by atoms with Gasteiger partial charge in [0.1, 0.15) is 0 Å². The van der Waals surface area contributed by atoms with Crippen molar-refractivity contribution < 1.29 is 23.1 Å². The summed E-state index contributed by atoms with van der Waals surface area (Å²) >= 11 is 0. The number of carbonyl (C=O) groups is 2. The predicted molar refractivity (Wildman–Crippen MR) is 66.8 cm³/mol. The van der Waals surface area contributed by atoms with E-state index in [-0.39, 0.29) is 19.0 Å². The summed E-state index contributed by atoms with van der Waals surface area (Å²) in [6.45, 7) is 0.374. The number of hydrogen-bond acceptors (Lipinski definition) is 3. The average molecular weight is 283 g/mol. The number of halogens is 2. The number of carbonyl (C=O) groups excluding carboxylic acids is 2. The highest BCUT2D eigenvalue weighted by molar-refractivity contribution is 6.36. The molecule has 1 amide bonds. The van der Waals surface area contributed by atoms with Gasteiger partial charge in [0, 0.05) is 20.1 Å². The highest BCUT2D eigenvalue weighted by atomic mass is 19.2. The Balaban J connectivity index is 2.19. The summed E-state index contributed by atoms with van der Waals surface area (Å²) in [6, 6.07) is 3.21. The summed E-state index contributed by atoms with van der Waals surface area (Å²) in [5.41, 5.74) is 0.438. The molecule has 1 heterocycles. The molecule has 0 radical (unpaired) electrons. The second kappa shape index (κ2) is 6.09. The van der Waals surface area contributed by atoms with E-state index in [0.717, 1.165) is 12.1 Å². The maximum atomic E-state index is 13.2. The van der Waals surface area contributed by atoms with Crippen LogP contribution in [0.1, 0.15) is 18.4 Å². The van der Waals surface area contributed by atoms with E-state index >= 15 is 0 Å². The molecule has 108 valence electrons. The molecule has 6 heteroatoms. The van der Waals surface area contributed by atoms with Crippen LogP contribution >= 0.6 is 0 Å². The second-order valence-electron chi connectivity index (χ2n) is 4.75. The van der Waals surface area contributed by atoms with Crippen molar-refractivity contribution in [2.24, 2.45) is 0 Å². The van der Waals surface area contributed by atoms with Crippen LogP contribution in [0.4, 0.5) is 8.78 Å². The van der Waals surface area contributed by atoms with Gasteiger partial charge in [0.2, 0.25) is 5.78 Å². The Labute approximate surface area is 115 Å². The van der Waals surface area contributed by atoms with Crippen LogP contribution in [0.25, 0.3) is 0 Å². The van der Waals surface area contributed by atoms with Gasteiger partial charge in [0.25, 0.3) is 5.91 Å². The van der Waals surface area contributed by atoms with Crippen LogP contribution in [0.15, 0.2) is 18.2 Å². The summed E-state index contributed by atoms with van der Waals surface area (Å²) in [6.07, 6.45) is 0.712. The van der Waals surface area contributed by atoms with Gasteiger partial charge in [0.05, 0.1) is 12.6 Å². The topological polar surface area (TPSA) is 46.6 Å². The Morgan fingerprint density at radius 3 is 2.70 bits per heavy atom. The van der Waals surface area contributed by atoms with Gasteiger partial charge in [-0.05, 0) is 24.1 Å². The third-order valence-electron chi connectivity index (χ3n) is 3.34. The lowest BCUT2D eigenvalue weighted by Crippen LogP contribution is -2.49. The first-order valence-electron chi connectivity index (χ1n) is 6.29. The van der Waals surface area contributed by atoms with E-state index in [1.807, 2.05) is 0 Å². The van der Waals surface area contributed by atoms with E-state index in [1.54, 1.807) is 0 Å². The molecule has 1 aliphatic rings. The summed E-state index contributed by atoms with van der Waals surface area (Å²) in [7, 11) is 1.51. The Morgan fingerprint density at radius 1 is 1.30 bits per heavy atom. The molecule has 0 N–H and O–H groups in total. The van der Waals surface area contributed by atoms with E-state index in [9.17, 15) is 18.4 Å². The van der Waals surface area contributed by atoms with E-state index < -0.39 is 23.3 Å². The molecule has 1 saturated heterocycles. The monoisotopic (exact) mass is 283 g/mol. The van der Waals surface area contributed by atoms with Crippen molar-refractivity contribution in [2.75, 3.05) is 13.7 Å². The second-order valence-corrected chi connectivity index (χ2v) is 4.75. The van der Waals surface area contributed by atoms with Gasteiger partial charge in [-0.3, -0.25) is 9.59 Å². The number of Topliss-reactive ketones (excluding diaryl/α,β-unsaturated/α-hetero) is 1. The van der Waals surface area contributed by atoms with Gasteiger partial charge in [-0.1, -0.05) is 6.07 Å². The first kappa shape index (κ1) is 14.6. The van der Waals surface area contributed by atoms with Gasteiger partial charge in [0.15, 0.2) is 11.6 Å². The average Bonchev–Trinajstić information content (AvgIpc) is 2.42. The normalized spacial score (nSPS) is 19.6. The summed E-state index contributed by atoms with van der Waals surface area (Å²) < 4.78 is 31.1. The van der Waals surface area contributed by atoms with Gasteiger partial charge in [-0.25, -0.2) is 8.78 Å². The molecule has 1 aromatic carbocycles. The SMILES string of the molecule is COC[C@H]1CCC(=O)C(=O)N1Cc1ccc(F)c(F)c1. The molecule has 0 bridgehead atoms. The molecule has 0 spiro atoms. The lowest BCUT2D eigenvalue weighted by Gasteiger charge is -2.34. The van der Waals surface area contributed by atoms with Crippen molar-refractivity contribution in [3.8, 4) is 0 Å². The number of methoxy groups -OCH3 is 1. The van der Waals surface area contributed by atoms with Gasteiger partial charge < -0.3 is 9.64 Å². The number of benzene rings is 1. The molecule has 1 fully saturated rings. The van der Waals surface area contributed by atoms with Crippen LogP contribution in [0.5, 0.6) is 0 Å². The quantitative estimate of drug-likeness (QED) is 0.790. The van der Waals surface area contributed by atoms with Gasteiger partial charge in [-0.2, -0.15) is 0 Å².